The lowest BCUT2D eigenvalue weighted by Gasteiger charge is -2.15. The number of hydrogen-bond donors (Lipinski definition) is 0. The second-order valence-corrected chi connectivity index (χ2v) is 6.27. The van der Waals surface area contributed by atoms with Crippen molar-refractivity contribution in [3.05, 3.63) is 107 Å². The summed E-state index contributed by atoms with van der Waals surface area (Å²) in [7, 11) is 0. The van der Waals surface area contributed by atoms with Gasteiger partial charge in [0.2, 0.25) is 0 Å². The van der Waals surface area contributed by atoms with E-state index < -0.39 is 0 Å². The van der Waals surface area contributed by atoms with Gasteiger partial charge >= 0.3 is 0 Å². The molecule has 2 aromatic rings. The first kappa shape index (κ1) is 19.3. The Morgan fingerprint density at radius 3 is 2.50 bits per heavy atom. The predicted molar refractivity (Wildman–Crippen MR) is 116 cm³/mol. The highest BCUT2D eigenvalue weighted by Gasteiger charge is 2.11. The number of terminal acetylenes is 1. The third kappa shape index (κ3) is 4.74. The van der Waals surface area contributed by atoms with Gasteiger partial charge in [0.25, 0.3) is 0 Å². The molecule has 0 bridgehead atoms. The van der Waals surface area contributed by atoms with Crippen LogP contribution in [-0.4, -0.2) is 0 Å². The van der Waals surface area contributed by atoms with E-state index in [9.17, 15) is 0 Å². The lowest BCUT2D eigenvalue weighted by atomic mass is 9.89. The van der Waals surface area contributed by atoms with Crippen LogP contribution in [0.3, 0.4) is 0 Å². The van der Waals surface area contributed by atoms with Gasteiger partial charge in [-0.15, -0.1) is 6.42 Å². The van der Waals surface area contributed by atoms with E-state index in [1.807, 2.05) is 30.4 Å². The molecule has 2 rings (SSSR count). The molecule has 0 nitrogen and oxygen atoms in total. The van der Waals surface area contributed by atoms with Gasteiger partial charge in [0, 0.05) is 0 Å². The zero-order valence-electron chi connectivity index (χ0n) is 15.9. The van der Waals surface area contributed by atoms with Crippen molar-refractivity contribution in [2.24, 2.45) is 0 Å². The maximum atomic E-state index is 5.86. The highest BCUT2D eigenvalue weighted by Crippen LogP contribution is 2.29. The van der Waals surface area contributed by atoms with Crippen molar-refractivity contribution >= 4 is 11.6 Å². The molecule has 0 heteroatoms. The molecule has 0 aromatic heterocycles. The van der Waals surface area contributed by atoms with Crippen LogP contribution in [0.15, 0.2) is 85.0 Å². The summed E-state index contributed by atoms with van der Waals surface area (Å²) in [5, 5.41) is 0. The fourth-order valence-corrected chi connectivity index (χ4v) is 3.05. The molecule has 0 saturated carbocycles. The van der Waals surface area contributed by atoms with Gasteiger partial charge in [-0.1, -0.05) is 85.3 Å². The molecule has 0 aliphatic carbocycles. The Morgan fingerprint density at radius 1 is 1.15 bits per heavy atom. The van der Waals surface area contributed by atoms with Crippen LogP contribution in [0.25, 0.3) is 11.6 Å². The molecule has 0 saturated heterocycles. The standard InChI is InChI=1S/C26H26/c1-6-12-20(4)25(8-3)24-17-15-21(5)26(19-24)23(7-2)18-16-22-13-10-9-11-14-22/h2,6,8-19,23H,1H2,3-5H3/b18-16+,20-12-,25-8+. The van der Waals surface area contributed by atoms with Crippen molar-refractivity contribution < 1.29 is 0 Å². The Kier molecular flexibility index (Phi) is 7.01. The molecule has 0 radical (unpaired) electrons. The molecule has 0 fully saturated rings. The van der Waals surface area contributed by atoms with E-state index in [1.165, 1.54) is 27.8 Å². The third-order valence-corrected chi connectivity index (χ3v) is 4.47. The highest BCUT2D eigenvalue weighted by molar-refractivity contribution is 5.79. The number of hydrogen-bond acceptors (Lipinski definition) is 0. The Balaban J connectivity index is 2.42. The van der Waals surface area contributed by atoms with Crippen LogP contribution in [0.5, 0.6) is 0 Å². The summed E-state index contributed by atoms with van der Waals surface area (Å²) in [5.74, 6) is 2.87. The second-order valence-electron chi connectivity index (χ2n) is 6.27. The van der Waals surface area contributed by atoms with Crippen molar-refractivity contribution in [2.45, 2.75) is 26.7 Å². The molecule has 1 unspecified atom stereocenters. The van der Waals surface area contributed by atoms with Crippen LogP contribution >= 0.6 is 0 Å². The normalized spacial score (nSPS) is 13.5. The smallest absolute Gasteiger partial charge is 0.0636 e. The van der Waals surface area contributed by atoms with Gasteiger partial charge < -0.3 is 0 Å². The zero-order valence-corrected chi connectivity index (χ0v) is 15.9. The average Bonchev–Trinajstić information content (AvgIpc) is 2.66. The first-order valence-electron chi connectivity index (χ1n) is 8.87. The average molecular weight is 338 g/mol. The molecular formula is C26H26. The van der Waals surface area contributed by atoms with Crippen LogP contribution in [0, 0.1) is 19.3 Å². The maximum absolute atomic E-state index is 5.86. The van der Waals surface area contributed by atoms with Crippen LogP contribution in [0.1, 0.15) is 42.0 Å². The van der Waals surface area contributed by atoms with E-state index in [0.717, 1.165) is 5.56 Å². The topological polar surface area (TPSA) is 0 Å². The van der Waals surface area contributed by atoms with Crippen molar-refractivity contribution in [1.29, 1.82) is 0 Å². The van der Waals surface area contributed by atoms with Crippen LogP contribution in [0.2, 0.25) is 0 Å². The summed E-state index contributed by atoms with van der Waals surface area (Å²) < 4.78 is 0. The van der Waals surface area contributed by atoms with Gasteiger partial charge in [-0.2, -0.15) is 0 Å². The number of benzene rings is 2. The summed E-state index contributed by atoms with van der Waals surface area (Å²) in [6.07, 6.45) is 16.0. The molecule has 2 aromatic carbocycles. The van der Waals surface area contributed by atoms with Crippen molar-refractivity contribution in [3.63, 3.8) is 0 Å². The van der Waals surface area contributed by atoms with Gasteiger partial charge in [0.05, 0.1) is 5.92 Å². The van der Waals surface area contributed by atoms with Crippen LogP contribution in [0.4, 0.5) is 0 Å². The van der Waals surface area contributed by atoms with Crippen molar-refractivity contribution in [2.75, 3.05) is 0 Å². The summed E-state index contributed by atoms with van der Waals surface area (Å²) in [4.78, 5) is 0. The fourth-order valence-electron chi connectivity index (χ4n) is 3.05. The lowest BCUT2D eigenvalue weighted by Crippen LogP contribution is -1.98. The van der Waals surface area contributed by atoms with E-state index in [-0.39, 0.29) is 5.92 Å². The van der Waals surface area contributed by atoms with Gasteiger partial charge in [-0.05, 0) is 60.2 Å². The number of rotatable bonds is 6. The molecule has 0 aliphatic rings. The SMILES string of the molecule is C#CC(/C=C/c1ccccc1)c1cc(C(=C/C)/C(C)=C\C=C)ccc1C. The zero-order chi connectivity index (χ0) is 18.9. The third-order valence-electron chi connectivity index (χ3n) is 4.47. The molecule has 0 spiro atoms. The highest BCUT2D eigenvalue weighted by atomic mass is 14.1. The van der Waals surface area contributed by atoms with E-state index in [1.54, 1.807) is 0 Å². The quantitative estimate of drug-likeness (QED) is 0.394. The summed E-state index contributed by atoms with van der Waals surface area (Å²) in [6.45, 7) is 10.1. The molecule has 26 heavy (non-hydrogen) atoms. The van der Waals surface area contributed by atoms with E-state index in [4.69, 9.17) is 6.42 Å². The van der Waals surface area contributed by atoms with Crippen molar-refractivity contribution in [3.8, 4) is 12.3 Å². The fraction of sp³-hybridized carbons (Fsp3) is 0.154. The number of aryl methyl sites for hydroxylation is 1. The van der Waals surface area contributed by atoms with Gasteiger partial charge in [0.15, 0.2) is 0 Å². The van der Waals surface area contributed by atoms with Gasteiger partial charge in [-0.25, -0.2) is 0 Å². The minimum atomic E-state index is -0.0584. The molecule has 1 atom stereocenters. The maximum Gasteiger partial charge on any atom is 0.0636 e. The van der Waals surface area contributed by atoms with Crippen LogP contribution < -0.4 is 0 Å². The monoisotopic (exact) mass is 338 g/mol. The Labute approximate surface area is 158 Å². The first-order chi connectivity index (χ1) is 12.6. The summed E-state index contributed by atoms with van der Waals surface area (Å²) in [6, 6.07) is 16.8. The minimum absolute atomic E-state index is 0.0584. The molecule has 0 amide bonds. The Hall–Kier alpha value is -3.04. The molecule has 0 N–H and O–H groups in total. The van der Waals surface area contributed by atoms with Gasteiger partial charge in [-0.3, -0.25) is 0 Å². The second kappa shape index (κ2) is 9.44. The molecule has 0 aliphatic heterocycles. The van der Waals surface area contributed by atoms with E-state index >= 15 is 0 Å². The predicted octanol–water partition coefficient (Wildman–Crippen LogP) is 6.96. The van der Waals surface area contributed by atoms with Gasteiger partial charge in [0.1, 0.15) is 0 Å². The Morgan fingerprint density at radius 2 is 1.88 bits per heavy atom. The largest absolute Gasteiger partial charge is 0.119 e. The molecular weight excluding hydrogens is 312 g/mol. The van der Waals surface area contributed by atoms with E-state index in [0.29, 0.717) is 0 Å². The first-order valence-corrected chi connectivity index (χ1v) is 8.87. The number of allylic oxidation sites excluding steroid dienone is 6. The van der Waals surface area contributed by atoms with Crippen LogP contribution in [-0.2, 0) is 0 Å². The van der Waals surface area contributed by atoms with E-state index in [2.05, 4.69) is 81.8 Å². The lowest BCUT2D eigenvalue weighted by molar-refractivity contribution is 1.10. The summed E-state index contributed by atoms with van der Waals surface area (Å²) in [5.41, 5.74) is 7.10. The van der Waals surface area contributed by atoms with Crippen molar-refractivity contribution in [1.82, 2.24) is 0 Å². The molecule has 130 valence electrons. The Bertz CT molecular complexity index is 883. The summed E-state index contributed by atoms with van der Waals surface area (Å²) >= 11 is 0. The minimum Gasteiger partial charge on any atom is -0.119 e. The molecule has 0 heterocycles.